The highest BCUT2D eigenvalue weighted by atomic mass is 32.1. The summed E-state index contributed by atoms with van der Waals surface area (Å²) in [5.41, 5.74) is -0.162. The van der Waals surface area contributed by atoms with E-state index in [0.717, 1.165) is 11.3 Å². The summed E-state index contributed by atoms with van der Waals surface area (Å²) in [5, 5.41) is 11.9. The van der Waals surface area contributed by atoms with Gasteiger partial charge in [0, 0.05) is 25.2 Å². The van der Waals surface area contributed by atoms with Crippen LogP contribution < -0.4 is 10.9 Å². The van der Waals surface area contributed by atoms with Gasteiger partial charge in [-0.15, -0.1) is 11.3 Å². The number of aromatic carboxylic acids is 1. The molecule has 7 heteroatoms. The van der Waals surface area contributed by atoms with E-state index in [4.69, 9.17) is 5.11 Å². The highest BCUT2D eigenvalue weighted by Crippen LogP contribution is 2.21. The molecule has 0 spiro atoms. The van der Waals surface area contributed by atoms with Crippen LogP contribution in [0.1, 0.15) is 16.1 Å². The highest BCUT2D eigenvalue weighted by Gasteiger charge is 2.09. The van der Waals surface area contributed by atoms with Gasteiger partial charge in [-0.2, -0.15) is 0 Å². The fourth-order valence-corrected chi connectivity index (χ4v) is 2.35. The summed E-state index contributed by atoms with van der Waals surface area (Å²) in [5.74, 6) is -1.29. The average Bonchev–Trinajstić information content (AvgIpc) is 2.86. The molecule has 2 N–H and O–H groups in total. The predicted octanol–water partition coefficient (Wildman–Crippen LogP) is 1.64. The van der Waals surface area contributed by atoms with E-state index in [1.807, 2.05) is 0 Å². The van der Waals surface area contributed by atoms with Gasteiger partial charge >= 0.3 is 5.97 Å². The molecule has 0 fully saturated rings. The highest BCUT2D eigenvalue weighted by molar-refractivity contribution is 7.18. The third-order valence-electron chi connectivity index (χ3n) is 2.56. The molecule has 20 heavy (non-hydrogen) atoms. The van der Waals surface area contributed by atoms with E-state index in [-0.39, 0.29) is 29.3 Å². The zero-order chi connectivity index (χ0) is 14.5. The zero-order valence-electron chi connectivity index (χ0n) is 10.4. The fraction of sp³-hybridized carbons (Fsp3) is 0.154. The molecule has 0 saturated heterocycles. The Labute approximate surface area is 118 Å². The number of aromatic nitrogens is 1. The normalized spacial score (nSPS) is 10.2. The molecular formula is C13H12N2O4S. The number of aryl methyl sites for hydroxylation is 1. The number of carboxylic acid groups (broad SMARTS) is 1. The van der Waals surface area contributed by atoms with Crippen molar-refractivity contribution >= 4 is 28.2 Å². The number of hydrogen-bond acceptors (Lipinski definition) is 4. The minimum atomic E-state index is -1.02. The van der Waals surface area contributed by atoms with Crippen molar-refractivity contribution < 1.29 is 14.7 Å². The first-order valence-corrected chi connectivity index (χ1v) is 6.66. The topological polar surface area (TPSA) is 88.4 Å². The fourth-order valence-electron chi connectivity index (χ4n) is 1.59. The maximum Gasteiger partial charge on any atom is 0.345 e. The van der Waals surface area contributed by atoms with Gasteiger partial charge in [-0.3, -0.25) is 9.59 Å². The van der Waals surface area contributed by atoms with Gasteiger partial charge in [0.15, 0.2) is 0 Å². The van der Waals surface area contributed by atoms with Crippen LogP contribution >= 0.6 is 11.3 Å². The number of thiophene rings is 1. The van der Waals surface area contributed by atoms with Crippen molar-refractivity contribution in [2.45, 2.75) is 13.0 Å². The minimum Gasteiger partial charge on any atom is -0.477 e. The quantitative estimate of drug-likeness (QED) is 0.876. The molecule has 0 aliphatic carbocycles. The number of carbonyl (C=O) groups excluding carboxylic acids is 1. The summed E-state index contributed by atoms with van der Waals surface area (Å²) in [6, 6.07) is 7.76. The van der Waals surface area contributed by atoms with Crippen LogP contribution in [0.4, 0.5) is 5.00 Å². The van der Waals surface area contributed by atoms with Gasteiger partial charge in [0.1, 0.15) is 4.88 Å². The molecule has 104 valence electrons. The second-order valence-corrected chi connectivity index (χ2v) is 5.08. The monoisotopic (exact) mass is 292 g/mol. The van der Waals surface area contributed by atoms with Crippen molar-refractivity contribution in [2.75, 3.05) is 5.32 Å². The number of pyridine rings is 1. The number of carbonyl (C=O) groups is 2. The molecule has 0 aromatic carbocycles. The molecule has 0 saturated carbocycles. The molecule has 0 bridgehead atoms. The SMILES string of the molecule is O=C(CCn1ccccc1=O)Nc1ccc(C(=O)O)s1. The van der Waals surface area contributed by atoms with Crippen molar-refractivity contribution in [2.24, 2.45) is 0 Å². The molecule has 0 aliphatic rings. The summed E-state index contributed by atoms with van der Waals surface area (Å²) >= 11 is 0.994. The molecule has 2 heterocycles. The minimum absolute atomic E-state index is 0.143. The smallest absolute Gasteiger partial charge is 0.345 e. The van der Waals surface area contributed by atoms with Gasteiger partial charge in [-0.25, -0.2) is 4.79 Å². The molecule has 0 atom stereocenters. The summed E-state index contributed by atoms with van der Waals surface area (Å²) in [4.78, 5) is 34.0. The Hall–Kier alpha value is -2.41. The van der Waals surface area contributed by atoms with Gasteiger partial charge in [-0.1, -0.05) is 6.07 Å². The van der Waals surface area contributed by atoms with Crippen molar-refractivity contribution in [3.8, 4) is 0 Å². The van der Waals surface area contributed by atoms with Crippen molar-refractivity contribution in [1.82, 2.24) is 4.57 Å². The van der Waals surface area contributed by atoms with Crippen LogP contribution in [0, 0.1) is 0 Å². The van der Waals surface area contributed by atoms with Gasteiger partial charge in [0.25, 0.3) is 5.56 Å². The Balaban J connectivity index is 1.91. The van der Waals surface area contributed by atoms with Crippen LogP contribution in [0.25, 0.3) is 0 Å². The Bertz CT molecular complexity index is 689. The lowest BCUT2D eigenvalue weighted by atomic mass is 10.3. The third kappa shape index (κ3) is 3.55. The Morgan fingerprint density at radius 1 is 1.25 bits per heavy atom. The molecule has 2 aromatic rings. The van der Waals surface area contributed by atoms with E-state index in [0.29, 0.717) is 5.00 Å². The second-order valence-electron chi connectivity index (χ2n) is 4.00. The van der Waals surface area contributed by atoms with Gasteiger partial charge in [0.05, 0.1) is 5.00 Å². The lowest BCUT2D eigenvalue weighted by Gasteiger charge is -2.05. The van der Waals surface area contributed by atoms with Crippen molar-refractivity contribution in [1.29, 1.82) is 0 Å². The van der Waals surface area contributed by atoms with Crippen molar-refractivity contribution in [3.63, 3.8) is 0 Å². The van der Waals surface area contributed by atoms with Gasteiger partial charge < -0.3 is 15.0 Å². The van der Waals surface area contributed by atoms with E-state index in [9.17, 15) is 14.4 Å². The van der Waals surface area contributed by atoms with Gasteiger partial charge in [0.2, 0.25) is 5.91 Å². The third-order valence-corrected chi connectivity index (χ3v) is 3.55. The average molecular weight is 292 g/mol. The summed E-state index contributed by atoms with van der Waals surface area (Å²) in [6.45, 7) is 0.280. The lowest BCUT2D eigenvalue weighted by Crippen LogP contribution is -2.21. The number of anilines is 1. The first-order chi connectivity index (χ1) is 9.56. The molecule has 2 aromatic heterocycles. The molecule has 2 rings (SSSR count). The molecular weight excluding hydrogens is 280 g/mol. The standard InChI is InChI=1S/C13H12N2O4S/c16-10(6-8-15-7-2-1-3-12(15)17)14-11-5-4-9(20-11)13(18)19/h1-5,7H,6,8H2,(H,14,16)(H,18,19). The number of carboxylic acids is 1. The van der Waals surface area contributed by atoms with E-state index in [2.05, 4.69) is 5.32 Å². The number of hydrogen-bond donors (Lipinski definition) is 2. The van der Waals surface area contributed by atoms with E-state index >= 15 is 0 Å². The first kappa shape index (κ1) is 14.0. The Kier molecular flexibility index (Phi) is 4.31. The predicted molar refractivity (Wildman–Crippen MR) is 75.2 cm³/mol. The summed E-state index contributed by atoms with van der Waals surface area (Å²) in [7, 11) is 0. The van der Waals surface area contributed by atoms with E-state index in [1.165, 1.54) is 16.7 Å². The number of nitrogens with one attached hydrogen (secondary N) is 1. The molecule has 0 radical (unpaired) electrons. The van der Waals surface area contributed by atoms with Crippen LogP contribution in [0.5, 0.6) is 0 Å². The molecule has 6 nitrogen and oxygen atoms in total. The maximum absolute atomic E-state index is 11.7. The molecule has 1 amide bonds. The van der Waals surface area contributed by atoms with Gasteiger partial charge in [-0.05, 0) is 18.2 Å². The number of nitrogens with zero attached hydrogens (tertiary/aromatic N) is 1. The van der Waals surface area contributed by atoms with Crippen LogP contribution in [0.15, 0.2) is 41.3 Å². The maximum atomic E-state index is 11.7. The number of rotatable bonds is 5. The summed E-state index contributed by atoms with van der Waals surface area (Å²) in [6.07, 6.45) is 1.76. The van der Waals surface area contributed by atoms with Crippen LogP contribution in [-0.2, 0) is 11.3 Å². The lowest BCUT2D eigenvalue weighted by molar-refractivity contribution is -0.116. The first-order valence-electron chi connectivity index (χ1n) is 5.85. The zero-order valence-corrected chi connectivity index (χ0v) is 11.2. The summed E-state index contributed by atoms with van der Waals surface area (Å²) < 4.78 is 1.44. The van der Waals surface area contributed by atoms with Crippen LogP contribution in [0.2, 0.25) is 0 Å². The van der Waals surface area contributed by atoms with E-state index < -0.39 is 5.97 Å². The molecule has 0 unspecified atom stereocenters. The Morgan fingerprint density at radius 3 is 2.70 bits per heavy atom. The number of amides is 1. The van der Waals surface area contributed by atoms with Crippen LogP contribution in [0.3, 0.4) is 0 Å². The molecule has 0 aliphatic heterocycles. The van der Waals surface area contributed by atoms with E-state index in [1.54, 1.807) is 24.4 Å². The van der Waals surface area contributed by atoms with Crippen LogP contribution in [-0.4, -0.2) is 21.6 Å². The Morgan fingerprint density at radius 2 is 2.05 bits per heavy atom. The van der Waals surface area contributed by atoms with Crippen molar-refractivity contribution in [3.05, 3.63) is 51.8 Å². The second kappa shape index (κ2) is 6.16. The largest absolute Gasteiger partial charge is 0.477 e.